The second-order valence-electron chi connectivity index (χ2n) is 5.89. The molecule has 1 heterocycles. The predicted octanol–water partition coefficient (Wildman–Crippen LogP) is 3.86. The summed E-state index contributed by atoms with van der Waals surface area (Å²) in [7, 11) is 1.88. The maximum atomic E-state index is 12.5. The number of imidazole rings is 1. The standard InChI is InChI=1S/C17H24N2OS/c1-12(2)19-16(21-13(3)4)15(18(5)17(19)20)11-14-9-7-6-8-10-14/h6-10,12-13H,11H2,1-5H3. The number of aromatic nitrogens is 2. The number of benzene rings is 1. The molecule has 114 valence electrons. The third kappa shape index (κ3) is 3.43. The Kier molecular flexibility index (Phi) is 4.99. The first-order valence-electron chi connectivity index (χ1n) is 7.42. The predicted molar refractivity (Wildman–Crippen MR) is 90.3 cm³/mol. The normalized spacial score (nSPS) is 11.6. The first kappa shape index (κ1) is 16.0. The van der Waals surface area contributed by atoms with Crippen molar-refractivity contribution in [1.82, 2.24) is 9.13 Å². The molecule has 0 bridgehead atoms. The first-order chi connectivity index (χ1) is 9.91. The van der Waals surface area contributed by atoms with E-state index >= 15 is 0 Å². The lowest BCUT2D eigenvalue weighted by atomic mass is 10.1. The Morgan fingerprint density at radius 3 is 2.24 bits per heavy atom. The van der Waals surface area contributed by atoms with E-state index in [4.69, 9.17) is 0 Å². The van der Waals surface area contributed by atoms with Gasteiger partial charge in [0.1, 0.15) is 0 Å². The van der Waals surface area contributed by atoms with Gasteiger partial charge in [0.15, 0.2) is 0 Å². The molecule has 0 N–H and O–H groups in total. The van der Waals surface area contributed by atoms with E-state index in [1.54, 1.807) is 16.3 Å². The second kappa shape index (κ2) is 6.56. The van der Waals surface area contributed by atoms with Crippen LogP contribution >= 0.6 is 11.8 Å². The highest BCUT2D eigenvalue weighted by Gasteiger charge is 2.21. The molecule has 0 aliphatic rings. The van der Waals surface area contributed by atoms with Gasteiger partial charge in [-0.25, -0.2) is 4.79 Å². The van der Waals surface area contributed by atoms with Crippen molar-refractivity contribution in [3.8, 4) is 0 Å². The van der Waals surface area contributed by atoms with Crippen molar-refractivity contribution in [2.45, 2.75) is 50.4 Å². The monoisotopic (exact) mass is 304 g/mol. The number of hydrogen-bond donors (Lipinski definition) is 0. The minimum Gasteiger partial charge on any atom is -0.298 e. The number of hydrogen-bond acceptors (Lipinski definition) is 2. The van der Waals surface area contributed by atoms with Crippen molar-refractivity contribution in [2.24, 2.45) is 7.05 Å². The van der Waals surface area contributed by atoms with Crippen LogP contribution in [-0.4, -0.2) is 14.4 Å². The molecule has 1 aromatic carbocycles. The number of nitrogens with zero attached hydrogens (tertiary/aromatic N) is 2. The maximum absolute atomic E-state index is 12.5. The smallest absolute Gasteiger partial charge is 0.298 e. The molecule has 0 amide bonds. The van der Waals surface area contributed by atoms with Gasteiger partial charge < -0.3 is 0 Å². The number of thioether (sulfide) groups is 1. The molecular formula is C17H24N2OS. The highest BCUT2D eigenvalue weighted by atomic mass is 32.2. The first-order valence-corrected chi connectivity index (χ1v) is 8.30. The van der Waals surface area contributed by atoms with Crippen LogP contribution in [0.15, 0.2) is 40.2 Å². The molecule has 1 aromatic heterocycles. The van der Waals surface area contributed by atoms with E-state index in [1.165, 1.54) is 5.56 Å². The zero-order valence-corrected chi connectivity index (χ0v) is 14.3. The highest BCUT2D eigenvalue weighted by molar-refractivity contribution is 7.99. The Bertz CT molecular complexity index is 653. The molecule has 0 spiro atoms. The van der Waals surface area contributed by atoms with Gasteiger partial charge in [-0.05, 0) is 19.4 Å². The van der Waals surface area contributed by atoms with E-state index in [0.29, 0.717) is 5.25 Å². The van der Waals surface area contributed by atoms with Crippen LogP contribution in [0.4, 0.5) is 0 Å². The molecular weight excluding hydrogens is 280 g/mol. The average molecular weight is 304 g/mol. The van der Waals surface area contributed by atoms with Crippen LogP contribution in [0.2, 0.25) is 0 Å². The van der Waals surface area contributed by atoms with E-state index < -0.39 is 0 Å². The van der Waals surface area contributed by atoms with E-state index in [-0.39, 0.29) is 11.7 Å². The van der Waals surface area contributed by atoms with Gasteiger partial charge in [-0.2, -0.15) is 0 Å². The van der Waals surface area contributed by atoms with Gasteiger partial charge >= 0.3 is 5.69 Å². The minimum atomic E-state index is 0.0825. The molecule has 4 heteroatoms. The van der Waals surface area contributed by atoms with Gasteiger partial charge in [0, 0.05) is 24.8 Å². The largest absolute Gasteiger partial charge is 0.329 e. The van der Waals surface area contributed by atoms with Crippen molar-refractivity contribution < 1.29 is 0 Å². The van der Waals surface area contributed by atoms with Gasteiger partial charge in [0.05, 0.1) is 10.7 Å². The Labute approximate surface area is 131 Å². The van der Waals surface area contributed by atoms with Gasteiger partial charge in [-0.1, -0.05) is 44.2 Å². The molecule has 3 nitrogen and oxygen atoms in total. The third-order valence-electron chi connectivity index (χ3n) is 3.44. The van der Waals surface area contributed by atoms with E-state index in [0.717, 1.165) is 17.1 Å². The van der Waals surface area contributed by atoms with Crippen LogP contribution in [0.5, 0.6) is 0 Å². The maximum Gasteiger partial charge on any atom is 0.329 e. The van der Waals surface area contributed by atoms with Gasteiger partial charge in [0.25, 0.3) is 0 Å². The molecule has 21 heavy (non-hydrogen) atoms. The van der Waals surface area contributed by atoms with Crippen molar-refractivity contribution in [3.63, 3.8) is 0 Å². The summed E-state index contributed by atoms with van der Waals surface area (Å²) in [5, 5.41) is 1.56. The number of rotatable bonds is 5. The van der Waals surface area contributed by atoms with Crippen molar-refractivity contribution in [1.29, 1.82) is 0 Å². The van der Waals surface area contributed by atoms with Crippen LogP contribution in [0.1, 0.15) is 45.0 Å². The van der Waals surface area contributed by atoms with Crippen LogP contribution < -0.4 is 5.69 Å². The molecule has 0 radical (unpaired) electrons. The molecule has 2 aromatic rings. The van der Waals surface area contributed by atoms with Crippen LogP contribution in [0.25, 0.3) is 0 Å². The molecule has 0 unspecified atom stereocenters. The summed E-state index contributed by atoms with van der Waals surface area (Å²) in [6, 6.07) is 10.5. The highest BCUT2D eigenvalue weighted by Crippen LogP contribution is 2.29. The molecule has 0 atom stereocenters. The summed E-state index contributed by atoms with van der Waals surface area (Å²) in [4.78, 5) is 12.5. The van der Waals surface area contributed by atoms with E-state index in [1.807, 2.05) is 29.8 Å². The fourth-order valence-corrected chi connectivity index (χ4v) is 3.63. The second-order valence-corrected chi connectivity index (χ2v) is 7.45. The van der Waals surface area contributed by atoms with Crippen molar-refractivity contribution >= 4 is 11.8 Å². The van der Waals surface area contributed by atoms with Gasteiger partial charge in [-0.3, -0.25) is 9.13 Å². The fraction of sp³-hybridized carbons (Fsp3) is 0.471. The molecule has 0 aliphatic heterocycles. The summed E-state index contributed by atoms with van der Waals surface area (Å²) >= 11 is 1.78. The van der Waals surface area contributed by atoms with Crippen LogP contribution in [-0.2, 0) is 13.5 Å². The summed E-state index contributed by atoms with van der Waals surface area (Å²) in [6.07, 6.45) is 0.793. The van der Waals surface area contributed by atoms with E-state index in [9.17, 15) is 4.79 Å². The lowest BCUT2D eigenvalue weighted by Gasteiger charge is -2.14. The Morgan fingerprint density at radius 1 is 1.10 bits per heavy atom. The van der Waals surface area contributed by atoms with E-state index in [2.05, 4.69) is 39.8 Å². The fourth-order valence-electron chi connectivity index (χ4n) is 2.43. The Morgan fingerprint density at radius 2 is 1.71 bits per heavy atom. The molecule has 0 aliphatic carbocycles. The van der Waals surface area contributed by atoms with Crippen LogP contribution in [0, 0.1) is 0 Å². The van der Waals surface area contributed by atoms with Crippen molar-refractivity contribution in [2.75, 3.05) is 0 Å². The summed E-state index contributed by atoms with van der Waals surface area (Å²) in [5.41, 5.74) is 2.43. The molecule has 0 saturated heterocycles. The summed E-state index contributed by atoms with van der Waals surface area (Å²) < 4.78 is 3.72. The quantitative estimate of drug-likeness (QED) is 0.784. The summed E-state index contributed by atoms with van der Waals surface area (Å²) in [6.45, 7) is 8.47. The lowest BCUT2D eigenvalue weighted by Crippen LogP contribution is -2.24. The van der Waals surface area contributed by atoms with Gasteiger partial charge in [0.2, 0.25) is 0 Å². The SMILES string of the molecule is CC(C)Sc1c(Cc2ccccc2)n(C)c(=O)n1C(C)C. The zero-order valence-electron chi connectivity index (χ0n) is 13.5. The third-order valence-corrected chi connectivity index (χ3v) is 4.57. The molecule has 2 rings (SSSR count). The topological polar surface area (TPSA) is 26.9 Å². The molecule has 0 fully saturated rings. The molecule has 0 saturated carbocycles. The van der Waals surface area contributed by atoms with Gasteiger partial charge in [-0.15, -0.1) is 11.8 Å². The zero-order chi connectivity index (χ0) is 15.6. The van der Waals surface area contributed by atoms with Crippen LogP contribution in [0.3, 0.4) is 0 Å². The summed E-state index contributed by atoms with van der Waals surface area (Å²) in [5.74, 6) is 0. The van der Waals surface area contributed by atoms with Crippen molar-refractivity contribution in [3.05, 3.63) is 52.1 Å². The lowest BCUT2D eigenvalue weighted by molar-refractivity contribution is 0.532. The minimum absolute atomic E-state index is 0.0825. The Hall–Kier alpha value is -1.42. The average Bonchev–Trinajstić information content (AvgIpc) is 2.64. The Balaban J connectivity index is 2.53.